The third kappa shape index (κ3) is 6.44. The first-order valence-electron chi connectivity index (χ1n) is 18.5. The maximum atomic E-state index is 15.1. The maximum absolute atomic E-state index is 15.1. The van der Waals surface area contributed by atoms with Crippen LogP contribution < -0.4 is 25.5 Å². The fraction of sp³-hybridized carbons (Fsp3) is 0.475. The molecule has 3 aromatic carbocycles. The number of hydrogen-bond donors (Lipinski definition) is 3. The van der Waals surface area contributed by atoms with Crippen LogP contribution in [0.15, 0.2) is 66.7 Å². The van der Waals surface area contributed by atoms with Gasteiger partial charge in [-0.2, -0.15) is 0 Å². The summed E-state index contributed by atoms with van der Waals surface area (Å²) in [5.41, 5.74) is 1.59. The van der Waals surface area contributed by atoms with Gasteiger partial charge in [0, 0.05) is 28.7 Å². The van der Waals surface area contributed by atoms with Crippen molar-refractivity contribution >= 4 is 54.0 Å². The summed E-state index contributed by atoms with van der Waals surface area (Å²) >= 11 is 6.67. The molecule has 4 aliphatic heterocycles. The Morgan fingerprint density at radius 1 is 1.08 bits per heavy atom. The number of nitrogens with one attached hydrogen (secondary N) is 2. The highest BCUT2D eigenvalue weighted by molar-refractivity contribution is 6.91. The van der Waals surface area contributed by atoms with Gasteiger partial charge in [0.2, 0.25) is 11.8 Å². The average Bonchev–Trinajstić information content (AvgIpc) is 3.94. The first-order chi connectivity index (χ1) is 25.0. The van der Waals surface area contributed by atoms with E-state index in [0.29, 0.717) is 23.8 Å². The fourth-order valence-corrected chi connectivity index (χ4v) is 13.5. The summed E-state index contributed by atoms with van der Waals surface area (Å²) in [4.78, 5) is 45.4. The highest BCUT2D eigenvalue weighted by Crippen LogP contribution is 2.60. The molecule has 0 unspecified atom stereocenters. The Kier molecular flexibility index (Phi) is 10.3. The molecule has 10 nitrogen and oxygen atoms in total. The van der Waals surface area contributed by atoms with Crippen LogP contribution >= 0.6 is 11.6 Å². The van der Waals surface area contributed by atoms with Crippen LogP contribution in [-0.2, 0) is 31.3 Å². The summed E-state index contributed by atoms with van der Waals surface area (Å²) in [5.74, 6) is 0.205. The first-order valence-corrected chi connectivity index (χ1v) is 21.9. The number of anilines is 2. The number of aliphatic hydroxyl groups excluding tert-OH is 1. The second-order valence-corrected chi connectivity index (χ2v) is 20.4. The number of hydrogen-bond acceptors (Lipinski definition) is 7. The minimum Gasteiger partial charge on any atom is -0.497 e. The van der Waals surface area contributed by atoms with E-state index in [-0.39, 0.29) is 54.3 Å². The van der Waals surface area contributed by atoms with Gasteiger partial charge in [0.15, 0.2) is 5.60 Å². The molecular formula is C40H49ClN4O6Si. The summed E-state index contributed by atoms with van der Waals surface area (Å²) in [7, 11) is -0.819. The number of carbonyl (C=O) groups excluding carboxylic acids is 3. The smallest absolute Gasteiger partial charge is 0.264 e. The van der Waals surface area contributed by atoms with Crippen molar-refractivity contribution in [3.8, 4) is 5.75 Å². The molecule has 3 saturated heterocycles. The molecule has 0 radical (unpaired) electrons. The predicted octanol–water partition coefficient (Wildman–Crippen LogP) is 5.18. The zero-order chi connectivity index (χ0) is 36.8. The van der Waals surface area contributed by atoms with Crippen LogP contribution in [0.5, 0.6) is 5.75 Å². The van der Waals surface area contributed by atoms with Crippen LogP contribution in [0.1, 0.15) is 50.2 Å². The molecule has 4 heterocycles. The summed E-state index contributed by atoms with van der Waals surface area (Å²) in [6.07, 6.45) is 3.01. The van der Waals surface area contributed by atoms with Gasteiger partial charge in [0.05, 0.1) is 58.6 Å². The average molecular weight is 745 g/mol. The molecule has 4 aliphatic rings. The van der Waals surface area contributed by atoms with Gasteiger partial charge in [-0.3, -0.25) is 14.4 Å². The topological polar surface area (TPSA) is 120 Å². The van der Waals surface area contributed by atoms with Crippen LogP contribution in [0.2, 0.25) is 23.7 Å². The number of carbonyl (C=O) groups is 3. The normalized spacial score (nSPS) is 27.0. The quantitative estimate of drug-likeness (QED) is 0.245. The van der Waals surface area contributed by atoms with Gasteiger partial charge >= 0.3 is 0 Å². The zero-order valence-electron chi connectivity index (χ0n) is 30.4. The highest BCUT2D eigenvalue weighted by atomic mass is 35.5. The third-order valence-corrected chi connectivity index (χ3v) is 16.6. The number of rotatable bonds is 10. The molecule has 276 valence electrons. The number of benzene rings is 3. The van der Waals surface area contributed by atoms with Gasteiger partial charge in [0.1, 0.15) is 5.75 Å². The van der Waals surface area contributed by atoms with Gasteiger partial charge in [-0.1, -0.05) is 61.1 Å². The molecule has 1 spiro atoms. The van der Waals surface area contributed by atoms with E-state index in [4.69, 9.17) is 21.1 Å². The Morgan fingerprint density at radius 3 is 2.50 bits per heavy atom. The molecule has 0 aliphatic carbocycles. The second-order valence-electron chi connectivity index (χ2n) is 15.3. The van der Waals surface area contributed by atoms with E-state index < -0.39 is 19.8 Å². The molecular weight excluding hydrogens is 696 g/mol. The van der Waals surface area contributed by atoms with Crippen molar-refractivity contribution in [2.75, 3.05) is 37.0 Å². The van der Waals surface area contributed by atoms with Gasteiger partial charge < -0.3 is 35.0 Å². The molecule has 52 heavy (non-hydrogen) atoms. The third-order valence-electron chi connectivity index (χ3n) is 12.0. The van der Waals surface area contributed by atoms with E-state index in [9.17, 15) is 14.7 Å². The molecule has 3 fully saturated rings. The Bertz CT molecular complexity index is 1820. The van der Waals surface area contributed by atoms with Crippen LogP contribution in [-0.4, -0.2) is 80.8 Å². The van der Waals surface area contributed by atoms with Crippen molar-refractivity contribution in [3.05, 3.63) is 82.9 Å². The molecule has 0 bridgehead atoms. The van der Waals surface area contributed by atoms with Crippen molar-refractivity contribution in [2.45, 2.75) is 88.0 Å². The van der Waals surface area contributed by atoms with Crippen molar-refractivity contribution in [2.24, 2.45) is 5.92 Å². The lowest BCUT2D eigenvalue weighted by Crippen LogP contribution is -2.52. The Hall–Kier alpha value is -3.74. The zero-order valence-corrected chi connectivity index (χ0v) is 32.1. The number of methoxy groups -OCH3 is 1. The summed E-state index contributed by atoms with van der Waals surface area (Å²) < 4.78 is 12.6. The van der Waals surface area contributed by atoms with Gasteiger partial charge in [-0.05, 0) is 85.8 Å². The Labute approximate surface area is 311 Å². The van der Waals surface area contributed by atoms with Gasteiger partial charge in [0.25, 0.3) is 5.91 Å². The van der Waals surface area contributed by atoms with E-state index in [1.54, 1.807) is 23.0 Å². The molecule has 3 amide bonds. The maximum Gasteiger partial charge on any atom is 0.264 e. The van der Waals surface area contributed by atoms with Gasteiger partial charge in [-0.25, -0.2) is 0 Å². The van der Waals surface area contributed by atoms with Gasteiger partial charge in [-0.15, -0.1) is 0 Å². The number of nitrogens with zero attached hydrogens (tertiary/aromatic N) is 2. The van der Waals surface area contributed by atoms with E-state index in [0.717, 1.165) is 54.8 Å². The highest BCUT2D eigenvalue weighted by Gasteiger charge is 2.66. The van der Waals surface area contributed by atoms with Crippen LogP contribution in [0.25, 0.3) is 0 Å². The van der Waals surface area contributed by atoms with E-state index in [1.165, 1.54) is 5.19 Å². The van der Waals surface area contributed by atoms with Crippen molar-refractivity contribution in [3.63, 3.8) is 0 Å². The molecule has 7 rings (SSSR count). The minimum absolute atomic E-state index is 0.0413. The van der Waals surface area contributed by atoms with E-state index in [1.807, 2.05) is 48.5 Å². The van der Waals surface area contributed by atoms with Crippen molar-refractivity contribution in [1.29, 1.82) is 0 Å². The SMILES string of the molecule is COc1ccc([Si](C)(C)[C@H]2[C@H](CC(=O)N3CCC[C@H]3CO)O[C@@]3(C(=O)N(Cc4ccc(NC(=O)[C@H]5CCCN5)cc4)c4ccc(Cl)cc43)[C@@H]2C)cc1. The summed E-state index contributed by atoms with van der Waals surface area (Å²) in [6.45, 7) is 8.36. The standard InChI is InChI=1S/C40H49ClN4O6Si/c1-25-37(52(3,4)31-16-14-30(50-2)15-17-31)35(22-36(47)44-20-6-7-29(44)24-46)51-40(25)32-21-27(41)11-18-34(32)45(39(40)49)23-26-9-12-28(13-10-26)43-38(48)33-8-5-19-42-33/h9-18,21,25,29,33,35,37,42,46H,5-8,19-20,22-24H2,1-4H3,(H,43,48)/t25-,29+,33-,35+,37-,40+/m1/s1. The molecule has 6 atom stereocenters. The number of aliphatic hydroxyl groups is 1. The van der Waals surface area contributed by atoms with Crippen molar-refractivity contribution in [1.82, 2.24) is 10.2 Å². The second kappa shape index (κ2) is 14.6. The van der Waals surface area contributed by atoms with Crippen LogP contribution in [0, 0.1) is 5.92 Å². The lowest BCUT2D eigenvalue weighted by atomic mass is 9.82. The number of amides is 3. The van der Waals surface area contributed by atoms with Crippen molar-refractivity contribution < 1.29 is 29.0 Å². The molecule has 3 N–H and O–H groups in total. The monoisotopic (exact) mass is 744 g/mol. The molecule has 0 aromatic heterocycles. The summed E-state index contributed by atoms with van der Waals surface area (Å²) in [5, 5.41) is 18.0. The Balaban J connectivity index is 1.22. The van der Waals surface area contributed by atoms with E-state index in [2.05, 4.69) is 42.8 Å². The number of likely N-dealkylation sites (tertiary alicyclic amines) is 1. The largest absolute Gasteiger partial charge is 0.497 e. The van der Waals surface area contributed by atoms with E-state index >= 15 is 4.79 Å². The lowest BCUT2D eigenvalue weighted by molar-refractivity contribution is -0.150. The summed E-state index contributed by atoms with van der Waals surface area (Å²) in [6, 6.07) is 20.9. The molecule has 0 saturated carbocycles. The lowest BCUT2D eigenvalue weighted by Gasteiger charge is -2.37. The molecule has 3 aromatic rings. The predicted molar refractivity (Wildman–Crippen MR) is 205 cm³/mol. The fourth-order valence-electron chi connectivity index (χ4n) is 9.30. The number of fused-ring (bicyclic) bond motifs is 2. The number of halogens is 1. The van der Waals surface area contributed by atoms with Crippen LogP contribution in [0.3, 0.4) is 0 Å². The Morgan fingerprint density at radius 2 is 1.83 bits per heavy atom. The molecule has 12 heteroatoms. The first kappa shape index (κ1) is 36.6. The number of ether oxygens (including phenoxy) is 2. The van der Waals surface area contributed by atoms with Crippen LogP contribution in [0.4, 0.5) is 11.4 Å². The minimum atomic E-state index is -2.47.